The quantitative estimate of drug-likeness (QED) is 0.533. The molecule has 0 aromatic heterocycles. The molecule has 2 unspecified atom stereocenters. The molecule has 1 aliphatic heterocycles. The van der Waals surface area contributed by atoms with Crippen molar-refractivity contribution < 1.29 is 22.6 Å². The summed E-state index contributed by atoms with van der Waals surface area (Å²) in [7, 11) is 0. The molecule has 0 aromatic carbocycles. The van der Waals surface area contributed by atoms with Crippen molar-refractivity contribution in [2.24, 2.45) is 5.84 Å². The van der Waals surface area contributed by atoms with Crippen LogP contribution in [0.2, 0.25) is 0 Å². The summed E-state index contributed by atoms with van der Waals surface area (Å²) in [6, 6.07) is -0.262. The standard InChI is InChI=1S/C10H19F3N2O2/c11-10(12,13)7-16-6-8(15-14)3-4-9-2-1-5-17-9/h8-9,15H,1-7,14H2. The van der Waals surface area contributed by atoms with E-state index < -0.39 is 12.8 Å². The highest BCUT2D eigenvalue weighted by molar-refractivity contribution is 4.70. The normalized spacial score (nSPS) is 22.9. The van der Waals surface area contributed by atoms with E-state index in [-0.39, 0.29) is 18.8 Å². The van der Waals surface area contributed by atoms with E-state index in [1.807, 2.05) is 0 Å². The number of rotatable bonds is 7. The third kappa shape index (κ3) is 6.82. The molecule has 102 valence electrons. The predicted octanol–water partition coefficient (Wildman–Crippen LogP) is 1.36. The maximum Gasteiger partial charge on any atom is 0.411 e. The minimum Gasteiger partial charge on any atom is -0.378 e. The zero-order valence-corrected chi connectivity index (χ0v) is 9.63. The molecule has 3 N–H and O–H groups in total. The van der Waals surface area contributed by atoms with Gasteiger partial charge in [0.15, 0.2) is 0 Å². The van der Waals surface area contributed by atoms with Crippen LogP contribution in [0.3, 0.4) is 0 Å². The fourth-order valence-corrected chi connectivity index (χ4v) is 1.79. The molecular weight excluding hydrogens is 237 g/mol. The van der Waals surface area contributed by atoms with Crippen LogP contribution in [0.15, 0.2) is 0 Å². The minimum absolute atomic E-state index is 0.0390. The zero-order valence-electron chi connectivity index (χ0n) is 9.63. The number of hydrogen-bond donors (Lipinski definition) is 2. The van der Waals surface area contributed by atoms with Crippen LogP contribution in [0.1, 0.15) is 25.7 Å². The predicted molar refractivity (Wildman–Crippen MR) is 56.2 cm³/mol. The van der Waals surface area contributed by atoms with Crippen LogP contribution in [0.4, 0.5) is 13.2 Å². The monoisotopic (exact) mass is 256 g/mol. The van der Waals surface area contributed by atoms with Crippen molar-refractivity contribution in [3.05, 3.63) is 0 Å². The number of hydrogen-bond acceptors (Lipinski definition) is 4. The fourth-order valence-electron chi connectivity index (χ4n) is 1.79. The number of ether oxygens (including phenoxy) is 2. The molecule has 1 aliphatic rings. The maximum absolute atomic E-state index is 11.8. The van der Waals surface area contributed by atoms with Crippen molar-refractivity contribution in [1.29, 1.82) is 0 Å². The lowest BCUT2D eigenvalue weighted by Gasteiger charge is -2.18. The van der Waals surface area contributed by atoms with E-state index in [2.05, 4.69) is 10.2 Å². The van der Waals surface area contributed by atoms with Crippen LogP contribution in [-0.4, -0.2) is 38.1 Å². The third-order valence-corrected chi connectivity index (χ3v) is 2.68. The number of hydrazine groups is 1. The first-order chi connectivity index (χ1) is 8.01. The van der Waals surface area contributed by atoms with E-state index >= 15 is 0 Å². The van der Waals surface area contributed by atoms with Crippen molar-refractivity contribution >= 4 is 0 Å². The molecule has 1 saturated heterocycles. The van der Waals surface area contributed by atoms with E-state index in [0.29, 0.717) is 6.42 Å². The van der Waals surface area contributed by atoms with E-state index in [1.165, 1.54) is 0 Å². The van der Waals surface area contributed by atoms with Gasteiger partial charge in [-0.2, -0.15) is 13.2 Å². The van der Waals surface area contributed by atoms with E-state index in [1.54, 1.807) is 0 Å². The molecule has 2 atom stereocenters. The molecule has 17 heavy (non-hydrogen) atoms. The Morgan fingerprint density at radius 1 is 1.47 bits per heavy atom. The van der Waals surface area contributed by atoms with Gasteiger partial charge >= 0.3 is 6.18 Å². The van der Waals surface area contributed by atoms with Crippen LogP contribution >= 0.6 is 0 Å². The number of nitrogens with one attached hydrogen (secondary N) is 1. The van der Waals surface area contributed by atoms with Gasteiger partial charge in [0.1, 0.15) is 6.61 Å². The SMILES string of the molecule is NNC(CCC1CCCO1)COCC(F)(F)F. The molecule has 0 aliphatic carbocycles. The van der Waals surface area contributed by atoms with Crippen LogP contribution in [0.5, 0.6) is 0 Å². The lowest BCUT2D eigenvalue weighted by molar-refractivity contribution is -0.175. The van der Waals surface area contributed by atoms with Crippen molar-refractivity contribution in [3.8, 4) is 0 Å². The molecule has 1 heterocycles. The van der Waals surface area contributed by atoms with Gasteiger partial charge in [-0.3, -0.25) is 11.3 Å². The van der Waals surface area contributed by atoms with E-state index in [4.69, 9.17) is 10.6 Å². The zero-order chi connectivity index (χ0) is 12.7. The van der Waals surface area contributed by atoms with Crippen LogP contribution in [-0.2, 0) is 9.47 Å². The van der Waals surface area contributed by atoms with Gasteiger partial charge in [-0.05, 0) is 25.7 Å². The van der Waals surface area contributed by atoms with Gasteiger partial charge in [0.05, 0.1) is 12.7 Å². The molecule has 0 radical (unpaired) electrons. The molecule has 7 heteroatoms. The lowest BCUT2D eigenvalue weighted by atomic mass is 10.1. The summed E-state index contributed by atoms with van der Waals surface area (Å²) in [6.07, 6.45) is -0.554. The molecular formula is C10H19F3N2O2. The van der Waals surface area contributed by atoms with Gasteiger partial charge in [-0.1, -0.05) is 0 Å². The van der Waals surface area contributed by atoms with Crippen LogP contribution in [0.25, 0.3) is 0 Å². The molecule has 0 aromatic rings. The average molecular weight is 256 g/mol. The van der Waals surface area contributed by atoms with Crippen LogP contribution in [0, 0.1) is 0 Å². The Bertz CT molecular complexity index is 208. The smallest absolute Gasteiger partial charge is 0.378 e. The van der Waals surface area contributed by atoms with Crippen molar-refractivity contribution in [1.82, 2.24) is 5.43 Å². The van der Waals surface area contributed by atoms with Gasteiger partial charge in [-0.25, -0.2) is 0 Å². The third-order valence-electron chi connectivity index (χ3n) is 2.68. The molecule has 0 spiro atoms. The minimum atomic E-state index is -4.28. The molecule has 0 saturated carbocycles. The summed E-state index contributed by atoms with van der Waals surface area (Å²) in [6.45, 7) is -0.496. The maximum atomic E-state index is 11.8. The van der Waals surface area contributed by atoms with Crippen LogP contribution < -0.4 is 11.3 Å². The highest BCUT2D eigenvalue weighted by atomic mass is 19.4. The molecule has 0 bridgehead atoms. The Kier molecular flexibility index (Phi) is 6.18. The Morgan fingerprint density at radius 2 is 2.24 bits per heavy atom. The van der Waals surface area contributed by atoms with Crippen molar-refractivity contribution in [3.63, 3.8) is 0 Å². The number of halogens is 3. The van der Waals surface area contributed by atoms with Crippen molar-refractivity contribution in [2.45, 2.75) is 44.0 Å². The summed E-state index contributed by atoms with van der Waals surface area (Å²) in [5.74, 6) is 5.26. The highest BCUT2D eigenvalue weighted by Gasteiger charge is 2.28. The summed E-state index contributed by atoms with van der Waals surface area (Å²) in [4.78, 5) is 0. The Balaban J connectivity index is 2.10. The lowest BCUT2D eigenvalue weighted by Crippen LogP contribution is -2.40. The molecule has 0 amide bonds. The summed E-state index contributed by atoms with van der Waals surface area (Å²) in [5.41, 5.74) is 2.46. The Labute approximate surface area is 98.6 Å². The molecule has 1 rings (SSSR count). The van der Waals surface area contributed by atoms with Gasteiger partial charge in [0, 0.05) is 12.6 Å². The summed E-state index contributed by atoms with van der Waals surface area (Å²) < 4.78 is 45.5. The highest BCUT2D eigenvalue weighted by Crippen LogP contribution is 2.18. The molecule has 1 fully saturated rings. The van der Waals surface area contributed by atoms with E-state index in [0.717, 1.165) is 25.9 Å². The van der Waals surface area contributed by atoms with E-state index in [9.17, 15) is 13.2 Å². The largest absolute Gasteiger partial charge is 0.411 e. The first-order valence-corrected chi connectivity index (χ1v) is 5.73. The van der Waals surface area contributed by atoms with Gasteiger partial charge in [-0.15, -0.1) is 0 Å². The first-order valence-electron chi connectivity index (χ1n) is 5.73. The van der Waals surface area contributed by atoms with Gasteiger partial charge in [0.25, 0.3) is 0 Å². The average Bonchev–Trinajstić information content (AvgIpc) is 2.74. The summed E-state index contributed by atoms with van der Waals surface area (Å²) >= 11 is 0. The number of nitrogens with two attached hydrogens (primary N) is 1. The van der Waals surface area contributed by atoms with Gasteiger partial charge < -0.3 is 9.47 Å². The second kappa shape index (κ2) is 7.15. The van der Waals surface area contributed by atoms with Gasteiger partial charge in [0.2, 0.25) is 0 Å². The molecule has 4 nitrogen and oxygen atoms in total. The Hall–Kier alpha value is -0.370. The first kappa shape index (κ1) is 14.7. The second-order valence-corrected chi connectivity index (χ2v) is 4.21. The summed E-state index contributed by atoms with van der Waals surface area (Å²) in [5, 5.41) is 0. The van der Waals surface area contributed by atoms with Crippen molar-refractivity contribution in [2.75, 3.05) is 19.8 Å². The fraction of sp³-hybridized carbons (Fsp3) is 1.00. The second-order valence-electron chi connectivity index (χ2n) is 4.21. The topological polar surface area (TPSA) is 56.5 Å². The Morgan fingerprint density at radius 3 is 2.76 bits per heavy atom. The number of alkyl halides is 3.